The largest absolute Gasteiger partial charge is 0.383 e. The van der Waals surface area contributed by atoms with Crippen molar-refractivity contribution in [3.05, 3.63) is 16.1 Å². The normalized spacial score (nSPS) is 27.1. The van der Waals surface area contributed by atoms with E-state index < -0.39 is 0 Å². The van der Waals surface area contributed by atoms with E-state index in [0.29, 0.717) is 5.92 Å². The number of thiazole rings is 1. The standard InChI is InChI=1S/C16H28N2OS/c1-12(2)14-11-20-15(18-14)16(17-9-10-19-4)7-5-13(3)6-8-16/h11-13,17H,5-10H2,1-4H3. The maximum absolute atomic E-state index is 5.20. The third-order valence-corrected chi connectivity index (χ3v) is 5.48. The Balaban J connectivity index is 2.16. The molecular formula is C16H28N2OS. The average molecular weight is 296 g/mol. The van der Waals surface area contributed by atoms with Crippen molar-refractivity contribution in [2.75, 3.05) is 20.3 Å². The van der Waals surface area contributed by atoms with Gasteiger partial charge in [0.05, 0.1) is 17.8 Å². The van der Waals surface area contributed by atoms with Crippen LogP contribution in [-0.2, 0) is 10.3 Å². The van der Waals surface area contributed by atoms with Gasteiger partial charge in [0.2, 0.25) is 0 Å². The van der Waals surface area contributed by atoms with Gasteiger partial charge < -0.3 is 10.1 Å². The van der Waals surface area contributed by atoms with E-state index in [9.17, 15) is 0 Å². The molecule has 4 heteroatoms. The Morgan fingerprint density at radius 3 is 2.70 bits per heavy atom. The van der Waals surface area contributed by atoms with Gasteiger partial charge >= 0.3 is 0 Å². The molecule has 2 rings (SSSR count). The van der Waals surface area contributed by atoms with Crippen molar-refractivity contribution in [3.63, 3.8) is 0 Å². The van der Waals surface area contributed by atoms with Crippen LogP contribution < -0.4 is 5.32 Å². The molecule has 0 atom stereocenters. The summed E-state index contributed by atoms with van der Waals surface area (Å²) in [6, 6.07) is 0. The van der Waals surface area contributed by atoms with Crippen molar-refractivity contribution in [1.82, 2.24) is 10.3 Å². The van der Waals surface area contributed by atoms with Crippen LogP contribution in [0.1, 0.15) is 63.1 Å². The van der Waals surface area contributed by atoms with E-state index in [0.717, 1.165) is 19.1 Å². The summed E-state index contributed by atoms with van der Waals surface area (Å²) in [6.45, 7) is 8.46. The fourth-order valence-corrected chi connectivity index (χ4v) is 4.10. The Morgan fingerprint density at radius 1 is 1.45 bits per heavy atom. The van der Waals surface area contributed by atoms with Crippen LogP contribution in [0.2, 0.25) is 0 Å². The molecule has 114 valence electrons. The Bertz CT molecular complexity index is 408. The van der Waals surface area contributed by atoms with E-state index in [-0.39, 0.29) is 5.54 Å². The smallest absolute Gasteiger partial charge is 0.113 e. The minimum Gasteiger partial charge on any atom is -0.383 e. The lowest BCUT2D eigenvalue weighted by Gasteiger charge is -2.39. The number of hydrogen-bond donors (Lipinski definition) is 1. The zero-order valence-electron chi connectivity index (χ0n) is 13.2. The van der Waals surface area contributed by atoms with Crippen molar-refractivity contribution in [2.45, 2.75) is 57.9 Å². The van der Waals surface area contributed by atoms with Crippen molar-refractivity contribution in [1.29, 1.82) is 0 Å². The van der Waals surface area contributed by atoms with Crippen LogP contribution in [0.5, 0.6) is 0 Å². The molecule has 1 N–H and O–H groups in total. The molecule has 0 bridgehead atoms. The van der Waals surface area contributed by atoms with E-state index in [4.69, 9.17) is 9.72 Å². The number of rotatable bonds is 6. The van der Waals surface area contributed by atoms with Crippen molar-refractivity contribution in [2.24, 2.45) is 5.92 Å². The van der Waals surface area contributed by atoms with Crippen LogP contribution in [0.3, 0.4) is 0 Å². The molecule has 0 spiro atoms. The quantitative estimate of drug-likeness (QED) is 0.808. The summed E-state index contributed by atoms with van der Waals surface area (Å²) in [5, 5.41) is 7.26. The first kappa shape index (κ1) is 15.9. The lowest BCUT2D eigenvalue weighted by atomic mass is 9.77. The second kappa shape index (κ2) is 7.01. The van der Waals surface area contributed by atoms with Gasteiger partial charge in [-0.3, -0.25) is 0 Å². The molecule has 0 saturated heterocycles. The number of ether oxygens (including phenoxy) is 1. The summed E-state index contributed by atoms with van der Waals surface area (Å²) >= 11 is 1.83. The van der Waals surface area contributed by atoms with Crippen molar-refractivity contribution < 1.29 is 4.74 Å². The van der Waals surface area contributed by atoms with Crippen molar-refractivity contribution >= 4 is 11.3 Å². The fraction of sp³-hybridized carbons (Fsp3) is 0.812. The van der Waals surface area contributed by atoms with Gasteiger partial charge in [-0.1, -0.05) is 20.8 Å². The predicted molar refractivity (Wildman–Crippen MR) is 85.4 cm³/mol. The Labute approximate surface area is 127 Å². The molecule has 1 fully saturated rings. The SMILES string of the molecule is COCCNC1(c2nc(C(C)C)cs2)CCC(C)CC1. The molecule has 0 unspecified atom stereocenters. The first-order chi connectivity index (χ1) is 9.57. The van der Waals surface area contributed by atoms with Gasteiger partial charge in [-0.15, -0.1) is 11.3 Å². The molecule has 0 amide bonds. The van der Waals surface area contributed by atoms with Gasteiger partial charge in [0, 0.05) is 19.0 Å². The summed E-state index contributed by atoms with van der Waals surface area (Å²) in [4.78, 5) is 4.92. The molecule has 1 aliphatic carbocycles. The molecule has 1 aromatic rings. The minimum atomic E-state index is 0.0862. The fourth-order valence-electron chi connectivity index (χ4n) is 2.88. The molecule has 0 aliphatic heterocycles. The minimum absolute atomic E-state index is 0.0862. The highest BCUT2D eigenvalue weighted by atomic mass is 32.1. The van der Waals surface area contributed by atoms with Gasteiger partial charge in [-0.2, -0.15) is 0 Å². The Kier molecular flexibility index (Phi) is 5.58. The highest BCUT2D eigenvalue weighted by Crippen LogP contribution is 2.41. The first-order valence-electron chi connectivity index (χ1n) is 7.77. The second-order valence-corrected chi connectivity index (χ2v) is 7.27. The molecule has 1 aromatic heterocycles. The third kappa shape index (κ3) is 3.60. The summed E-state index contributed by atoms with van der Waals surface area (Å²) in [7, 11) is 1.76. The summed E-state index contributed by atoms with van der Waals surface area (Å²) in [5.74, 6) is 1.36. The van der Waals surface area contributed by atoms with Crippen LogP contribution in [-0.4, -0.2) is 25.2 Å². The molecule has 1 aliphatic rings. The highest BCUT2D eigenvalue weighted by Gasteiger charge is 2.37. The third-order valence-electron chi connectivity index (χ3n) is 4.42. The Morgan fingerprint density at radius 2 is 2.15 bits per heavy atom. The lowest BCUT2D eigenvalue weighted by molar-refractivity contribution is 0.154. The van der Waals surface area contributed by atoms with Crippen LogP contribution in [0.25, 0.3) is 0 Å². The molecule has 3 nitrogen and oxygen atoms in total. The van der Waals surface area contributed by atoms with Crippen LogP contribution in [0.15, 0.2) is 5.38 Å². The molecule has 1 heterocycles. The highest BCUT2D eigenvalue weighted by molar-refractivity contribution is 7.09. The molecular weight excluding hydrogens is 268 g/mol. The molecule has 0 radical (unpaired) electrons. The summed E-state index contributed by atoms with van der Waals surface area (Å²) in [6.07, 6.45) is 4.97. The van der Waals surface area contributed by atoms with E-state index in [1.165, 1.54) is 36.4 Å². The van der Waals surface area contributed by atoms with Gasteiger partial charge in [0.15, 0.2) is 0 Å². The van der Waals surface area contributed by atoms with Crippen LogP contribution in [0, 0.1) is 5.92 Å². The topological polar surface area (TPSA) is 34.1 Å². The zero-order chi connectivity index (χ0) is 14.6. The average Bonchev–Trinajstić information content (AvgIpc) is 2.92. The lowest BCUT2D eigenvalue weighted by Crippen LogP contribution is -2.46. The maximum atomic E-state index is 5.20. The number of methoxy groups -OCH3 is 1. The monoisotopic (exact) mass is 296 g/mol. The zero-order valence-corrected chi connectivity index (χ0v) is 14.1. The van der Waals surface area contributed by atoms with Gasteiger partial charge in [-0.05, 0) is 37.5 Å². The van der Waals surface area contributed by atoms with E-state index in [1.54, 1.807) is 7.11 Å². The second-order valence-electron chi connectivity index (χ2n) is 6.42. The van der Waals surface area contributed by atoms with E-state index in [2.05, 4.69) is 31.5 Å². The van der Waals surface area contributed by atoms with Crippen molar-refractivity contribution in [3.8, 4) is 0 Å². The molecule has 1 saturated carbocycles. The molecule has 0 aromatic carbocycles. The molecule has 20 heavy (non-hydrogen) atoms. The van der Waals surface area contributed by atoms with Gasteiger partial charge in [-0.25, -0.2) is 4.98 Å². The van der Waals surface area contributed by atoms with E-state index >= 15 is 0 Å². The first-order valence-corrected chi connectivity index (χ1v) is 8.65. The van der Waals surface area contributed by atoms with E-state index in [1.807, 2.05) is 11.3 Å². The number of aromatic nitrogens is 1. The maximum Gasteiger partial charge on any atom is 0.113 e. The summed E-state index contributed by atoms with van der Waals surface area (Å²) in [5.41, 5.74) is 1.32. The summed E-state index contributed by atoms with van der Waals surface area (Å²) < 4.78 is 5.20. The van der Waals surface area contributed by atoms with Gasteiger partial charge in [0.25, 0.3) is 0 Å². The number of hydrogen-bond acceptors (Lipinski definition) is 4. The predicted octanol–water partition coefficient (Wildman–Crippen LogP) is 3.91. The Hall–Kier alpha value is -0.450. The number of nitrogens with zero attached hydrogens (tertiary/aromatic N) is 1. The van der Waals surface area contributed by atoms with Crippen LogP contribution >= 0.6 is 11.3 Å². The van der Waals surface area contributed by atoms with Crippen LogP contribution in [0.4, 0.5) is 0 Å². The van der Waals surface area contributed by atoms with Gasteiger partial charge in [0.1, 0.15) is 5.01 Å². The number of nitrogens with one attached hydrogen (secondary N) is 1.